The van der Waals surface area contributed by atoms with Crippen LogP contribution in [0.3, 0.4) is 0 Å². The van der Waals surface area contributed by atoms with Gasteiger partial charge in [-0.2, -0.15) is 0 Å². The maximum atomic E-state index is 12.9. The summed E-state index contributed by atoms with van der Waals surface area (Å²) in [6.07, 6.45) is 0. The summed E-state index contributed by atoms with van der Waals surface area (Å²) in [5, 5.41) is 3.37. The highest BCUT2D eigenvalue weighted by atomic mass is 16.2. The largest absolute Gasteiger partial charge is 0.339 e. The van der Waals surface area contributed by atoms with Crippen LogP contribution in [-0.4, -0.2) is 29.9 Å². The van der Waals surface area contributed by atoms with E-state index in [-0.39, 0.29) is 17.9 Å². The molecule has 0 spiro atoms. The molecule has 0 fully saturated rings. The number of nitrogens with zero attached hydrogens (tertiary/aromatic N) is 1. The van der Waals surface area contributed by atoms with E-state index >= 15 is 0 Å². The topological polar surface area (TPSA) is 32.3 Å². The van der Waals surface area contributed by atoms with Crippen molar-refractivity contribution in [1.29, 1.82) is 0 Å². The number of carbonyl (C=O) groups excluding carboxylic acids is 1. The van der Waals surface area contributed by atoms with Crippen LogP contribution in [0.4, 0.5) is 0 Å². The Hall–Kier alpha value is -1.35. The second kappa shape index (κ2) is 6.40. The Morgan fingerprint density at radius 3 is 2.65 bits per heavy atom. The third-order valence-electron chi connectivity index (χ3n) is 3.86. The van der Waals surface area contributed by atoms with Gasteiger partial charge in [0.1, 0.15) is 0 Å². The second-order valence-corrected chi connectivity index (χ2v) is 6.36. The molecule has 1 aromatic rings. The zero-order valence-electron chi connectivity index (χ0n) is 13.0. The van der Waals surface area contributed by atoms with Crippen LogP contribution < -0.4 is 5.32 Å². The van der Waals surface area contributed by atoms with Gasteiger partial charge in [-0.15, -0.1) is 0 Å². The van der Waals surface area contributed by atoms with Crippen LogP contribution in [0.25, 0.3) is 0 Å². The van der Waals surface area contributed by atoms with Gasteiger partial charge in [0.15, 0.2) is 0 Å². The number of carbonyl (C=O) groups is 1. The van der Waals surface area contributed by atoms with Crippen molar-refractivity contribution in [3.8, 4) is 0 Å². The van der Waals surface area contributed by atoms with Gasteiger partial charge in [0.25, 0.3) is 0 Å². The van der Waals surface area contributed by atoms with Gasteiger partial charge < -0.3 is 10.2 Å². The number of benzene rings is 1. The Balaban J connectivity index is 2.24. The lowest BCUT2D eigenvalue weighted by atomic mass is 9.89. The highest BCUT2D eigenvalue weighted by Gasteiger charge is 2.31. The lowest BCUT2D eigenvalue weighted by Gasteiger charge is -2.34. The van der Waals surface area contributed by atoms with Crippen LogP contribution in [0.2, 0.25) is 0 Å². The average molecular weight is 274 g/mol. The molecule has 2 rings (SSSR count). The number of hydrogen-bond donors (Lipinski definition) is 1. The second-order valence-electron chi connectivity index (χ2n) is 6.36. The van der Waals surface area contributed by atoms with Crippen LogP contribution in [0.1, 0.15) is 44.7 Å². The molecule has 0 saturated carbocycles. The molecule has 0 bridgehead atoms. The lowest BCUT2D eigenvalue weighted by Crippen LogP contribution is -2.46. The van der Waals surface area contributed by atoms with Gasteiger partial charge >= 0.3 is 0 Å². The Labute approximate surface area is 122 Å². The number of rotatable bonds is 4. The fourth-order valence-electron chi connectivity index (χ4n) is 2.87. The molecule has 20 heavy (non-hydrogen) atoms. The quantitative estimate of drug-likeness (QED) is 0.915. The van der Waals surface area contributed by atoms with E-state index < -0.39 is 0 Å². The standard InChI is InChI=1S/C17H26N2O/c1-12(2)11-19(13(3)4)17(20)16-10-18-9-14-7-5-6-8-15(14)16/h5-8,12-13,16,18H,9-11H2,1-4H3. The summed E-state index contributed by atoms with van der Waals surface area (Å²) in [4.78, 5) is 15.0. The maximum absolute atomic E-state index is 12.9. The van der Waals surface area contributed by atoms with Crippen LogP contribution >= 0.6 is 0 Å². The zero-order chi connectivity index (χ0) is 14.7. The molecule has 0 aromatic heterocycles. The molecule has 1 aliphatic rings. The molecule has 1 unspecified atom stereocenters. The smallest absolute Gasteiger partial charge is 0.231 e. The summed E-state index contributed by atoms with van der Waals surface area (Å²) in [7, 11) is 0. The number of hydrogen-bond acceptors (Lipinski definition) is 2. The summed E-state index contributed by atoms with van der Waals surface area (Å²) in [5.74, 6) is 0.711. The van der Waals surface area contributed by atoms with Gasteiger partial charge in [0.05, 0.1) is 5.92 Å². The Morgan fingerprint density at radius 1 is 1.30 bits per heavy atom. The molecule has 0 aliphatic carbocycles. The molecule has 0 saturated heterocycles. The van der Waals surface area contributed by atoms with Crippen molar-refractivity contribution < 1.29 is 4.79 Å². The van der Waals surface area contributed by atoms with E-state index in [0.29, 0.717) is 5.92 Å². The minimum absolute atomic E-state index is 0.0406. The van der Waals surface area contributed by atoms with Crippen LogP contribution in [0.5, 0.6) is 0 Å². The zero-order valence-corrected chi connectivity index (χ0v) is 13.0. The number of nitrogens with one attached hydrogen (secondary N) is 1. The first-order valence-corrected chi connectivity index (χ1v) is 7.59. The summed E-state index contributed by atoms with van der Waals surface area (Å²) >= 11 is 0. The monoisotopic (exact) mass is 274 g/mol. The van der Waals surface area contributed by atoms with E-state index in [0.717, 1.165) is 19.6 Å². The first-order valence-electron chi connectivity index (χ1n) is 7.59. The fraction of sp³-hybridized carbons (Fsp3) is 0.588. The van der Waals surface area contributed by atoms with Crippen LogP contribution in [-0.2, 0) is 11.3 Å². The van der Waals surface area contributed by atoms with E-state index in [9.17, 15) is 4.79 Å². The van der Waals surface area contributed by atoms with Crippen molar-refractivity contribution in [3.05, 3.63) is 35.4 Å². The molecule has 110 valence electrons. The van der Waals surface area contributed by atoms with Crippen molar-refractivity contribution in [1.82, 2.24) is 10.2 Å². The molecular formula is C17H26N2O. The van der Waals surface area contributed by atoms with E-state index in [1.807, 2.05) is 17.0 Å². The molecule has 3 heteroatoms. The fourth-order valence-corrected chi connectivity index (χ4v) is 2.87. The normalized spacial score (nSPS) is 18.2. The van der Waals surface area contributed by atoms with E-state index in [2.05, 4.69) is 45.1 Å². The van der Waals surface area contributed by atoms with Crippen molar-refractivity contribution in [2.75, 3.05) is 13.1 Å². The van der Waals surface area contributed by atoms with Crippen LogP contribution in [0, 0.1) is 5.92 Å². The summed E-state index contributed by atoms with van der Waals surface area (Å²) in [6, 6.07) is 8.55. The van der Waals surface area contributed by atoms with Gasteiger partial charge in [-0.05, 0) is 30.9 Å². The maximum Gasteiger partial charge on any atom is 0.231 e. The lowest BCUT2D eigenvalue weighted by molar-refractivity contribution is -0.135. The predicted molar refractivity (Wildman–Crippen MR) is 82.6 cm³/mol. The van der Waals surface area contributed by atoms with Gasteiger partial charge in [0, 0.05) is 25.7 Å². The summed E-state index contributed by atoms with van der Waals surface area (Å²) in [6.45, 7) is 11.0. The highest BCUT2D eigenvalue weighted by Crippen LogP contribution is 2.26. The molecule has 1 amide bonds. The molecule has 1 atom stereocenters. The van der Waals surface area contributed by atoms with E-state index in [4.69, 9.17) is 0 Å². The van der Waals surface area contributed by atoms with Crippen molar-refractivity contribution >= 4 is 5.91 Å². The predicted octanol–water partition coefficient (Wildman–Crippen LogP) is 2.77. The van der Waals surface area contributed by atoms with Gasteiger partial charge in [-0.3, -0.25) is 4.79 Å². The van der Waals surface area contributed by atoms with Gasteiger partial charge in [0.2, 0.25) is 5.91 Å². The van der Waals surface area contributed by atoms with E-state index in [1.54, 1.807) is 0 Å². The van der Waals surface area contributed by atoms with Crippen molar-refractivity contribution in [2.24, 2.45) is 5.92 Å². The Morgan fingerprint density at radius 2 is 2.00 bits per heavy atom. The minimum atomic E-state index is -0.0406. The highest BCUT2D eigenvalue weighted by molar-refractivity contribution is 5.85. The van der Waals surface area contributed by atoms with Gasteiger partial charge in [-0.1, -0.05) is 38.1 Å². The number of fused-ring (bicyclic) bond motifs is 1. The average Bonchev–Trinajstić information content (AvgIpc) is 2.43. The third-order valence-corrected chi connectivity index (χ3v) is 3.86. The van der Waals surface area contributed by atoms with Crippen molar-refractivity contribution in [3.63, 3.8) is 0 Å². The SMILES string of the molecule is CC(C)CN(C(=O)C1CNCc2ccccc21)C(C)C. The molecule has 1 aliphatic heterocycles. The van der Waals surface area contributed by atoms with E-state index in [1.165, 1.54) is 11.1 Å². The molecular weight excluding hydrogens is 248 g/mol. The van der Waals surface area contributed by atoms with Gasteiger partial charge in [-0.25, -0.2) is 0 Å². The Kier molecular flexibility index (Phi) is 4.81. The van der Waals surface area contributed by atoms with Crippen molar-refractivity contribution in [2.45, 2.75) is 46.2 Å². The molecule has 1 N–H and O–H groups in total. The molecule has 1 heterocycles. The molecule has 0 radical (unpaired) electrons. The molecule has 1 aromatic carbocycles. The minimum Gasteiger partial charge on any atom is -0.339 e. The first kappa shape index (κ1) is 15.0. The Bertz CT molecular complexity index is 468. The summed E-state index contributed by atoms with van der Waals surface area (Å²) < 4.78 is 0. The first-order chi connectivity index (χ1) is 9.50. The molecule has 3 nitrogen and oxygen atoms in total. The third kappa shape index (κ3) is 3.21. The number of amides is 1. The van der Waals surface area contributed by atoms with Crippen LogP contribution in [0.15, 0.2) is 24.3 Å². The summed E-state index contributed by atoms with van der Waals surface area (Å²) in [5.41, 5.74) is 2.45.